The highest BCUT2D eigenvalue weighted by Gasteiger charge is 2.55. The van der Waals surface area contributed by atoms with Crippen molar-refractivity contribution >= 4 is 53.3 Å². The molecule has 7 heterocycles. The number of likely N-dealkylation sites (N-methyl/N-ethyl adjacent to an activating group) is 6. The molecular weight excluding hydrogens is 1460 g/mol. The Bertz CT molecular complexity index is 3260. The lowest BCUT2D eigenvalue weighted by Crippen LogP contribution is -2.72. The predicted molar refractivity (Wildman–Crippen MR) is 472 cm³/mol. The minimum atomic E-state index is -0.628. The number of amides is 6. The van der Waals surface area contributed by atoms with Crippen LogP contribution in [0.15, 0.2) is 0 Å². The SMILES string of the molecule is CN1C(C)(C)CN(CCN(c2nc(N(CCN3CC(C)(C)N(C)C(C)(C)C3=O)C3CCCCC3)nc(N(CCN3CC(C)(C)N(C)C(C)(C)C3=O)C3CCCCC3)n2)C2CCCCC2)C(=O)C1(C)C.CN1C(C)(C)CN(CCN2CC(C)(C)N(C)C(C)(C)C2=O)C(=O)C1(C)C.CN1C(C)(C)CN(CCNC2CCCCC2)C(=O)C1(C)C. The number of carbonyl (C=O) groups excluding carboxylic acids is 6. The first kappa shape index (κ1) is 94.8. The zero-order valence-corrected chi connectivity index (χ0v) is 79.3. The van der Waals surface area contributed by atoms with E-state index in [2.05, 4.69) is 222 Å². The predicted octanol–water partition coefficient (Wildman–Crippen LogP) is 11.2. The number of hydrogen-bond acceptors (Lipinski definition) is 19. The van der Waals surface area contributed by atoms with E-state index in [0.29, 0.717) is 109 Å². The summed E-state index contributed by atoms with van der Waals surface area (Å²) in [7, 11) is 12.3. The van der Waals surface area contributed by atoms with E-state index in [9.17, 15) is 28.8 Å². The summed E-state index contributed by atoms with van der Waals surface area (Å²) in [5.74, 6) is 3.09. The molecule has 0 bridgehead atoms. The zero-order chi connectivity index (χ0) is 86.5. The van der Waals surface area contributed by atoms with Gasteiger partial charge in [0.1, 0.15) is 0 Å². The van der Waals surface area contributed by atoms with Gasteiger partial charge in [-0.25, -0.2) is 0 Å². The van der Waals surface area contributed by atoms with Gasteiger partial charge in [0.25, 0.3) is 0 Å². The minimum Gasteiger partial charge on any atom is -0.338 e. The number of piperazine rings is 6. The fourth-order valence-electron chi connectivity index (χ4n) is 21.6. The molecule has 0 atom stereocenters. The van der Waals surface area contributed by atoms with Crippen LogP contribution in [0.25, 0.3) is 0 Å². The van der Waals surface area contributed by atoms with E-state index in [1.54, 1.807) is 0 Å². The molecule has 116 heavy (non-hydrogen) atoms. The lowest BCUT2D eigenvalue weighted by molar-refractivity contribution is -0.162. The second kappa shape index (κ2) is 35.8. The molecule has 10 fully saturated rings. The molecule has 6 amide bonds. The Morgan fingerprint density at radius 3 is 0.655 bits per heavy atom. The smallest absolute Gasteiger partial charge is 0.242 e. The number of anilines is 3. The van der Waals surface area contributed by atoms with Gasteiger partial charge >= 0.3 is 0 Å². The van der Waals surface area contributed by atoms with Crippen LogP contribution in [0, 0.1) is 0 Å². The molecule has 6 aliphatic heterocycles. The Labute approximate surface area is 704 Å². The Kier molecular flexibility index (Phi) is 29.3. The van der Waals surface area contributed by atoms with E-state index in [1.807, 2.05) is 65.4 Å². The fraction of sp³-hybridized carbons (Fsp3) is 0.901. The molecule has 0 unspecified atom stereocenters. The van der Waals surface area contributed by atoms with Crippen molar-refractivity contribution in [3.05, 3.63) is 0 Å². The average Bonchev–Trinajstić information content (AvgIpc) is 0.759. The van der Waals surface area contributed by atoms with Gasteiger partial charge in [0, 0.05) is 162 Å². The van der Waals surface area contributed by atoms with Gasteiger partial charge in [-0.1, -0.05) is 77.0 Å². The maximum absolute atomic E-state index is 14.3. The van der Waals surface area contributed by atoms with Gasteiger partial charge in [-0.2, -0.15) is 15.0 Å². The van der Waals surface area contributed by atoms with E-state index in [4.69, 9.17) is 15.0 Å². The molecule has 6 saturated heterocycles. The van der Waals surface area contributed by atoms with Crippen molar-refractivity contribution in [2.75, 3.05) is 162 Å². The second-order valence-electron chi connectivity index (χ2n) is 43.9. The summed E-state index contributed by atoms with van der Waals surface area (Å²) in [6, 6.07) is 1.37. The molecular formula is C91H167N19O6. The van der Waals surface area contributed by atoms with Gasteiger partial charge < -0.3 is 49.4 Å². The first-order chi connectivity index (χ1) is 53.5. The summed E-state index contributed by atoms with van der Waals surface area (Å²) in [5.41, 5.74) is -4.09. The van der Waals surface area contributed by atoms with Crippen molar-refractivity contribution in [2.24, 2.45) is 0 Å². The largest absolute Gasteiger partial charge is 0.338 e. The summed E-state index contributed by atoms with van der Waals surface area (Å²) < 4.78 is 0. The Balaban J connectivity index is 0.000000264. The fourth-order valence-corrected chi connectivity index (χ4v) is 21.6. The van der Waals surface area contributed by atoms with Crippen molar-refractivity contribution < 1.29 is 28.8 Å². The Morgan fingerprint density at radius 2 is 0.448 bits per heavy atom. The summed E-state index contributed by atoms with van der Waals surface area (Å²) in [6.45, 7) is 61.6. The van der Waals surface area contributed by atoms with Crippen LogP contribution in [0.4, 0.5) is 17.8 Å². The summed E-state index contributed by atoms with van der Waals surface area (Å²) in [6.07, 6.45) is 23.6. The molecule has 4 aliphatic carbocycles. The number of nitrogens with zero attached hydrogens (tertiary/aromatic N) is 18. The molecule has 25 heteroatoms. The molecule has 4 saturated carbocycles. The van der Waals surface area contributed by atoms with E-state index in [1.165, 1.54) is 51.4 Å². The van der Waals surface area contributed by atoms with E-state index in [-0.39, 0.29) is 86.8 Å². The number of hydrogen-bond donors (Lipinski definition) is 1. The molecule has 1 aromatic heterocycles. The maximum atomic E-state index is 14.3. The van der Waals surface area contributed by atoms with E-state index in [0.717, 1.165) is 96.7 Å². The topological polar surface area (TPSA) is 202 Å². The summed E-state index contributed by atoms with van der Waals surface area (Å²) >= 11 is 0. The molecule has 25 nitrogen and oxygen atoms in total. The first-order valence-electron chi connectivity index (χ1n) is 45.5. The van der Waals surface area contributed by atoms with Gasteiger partial charge in [0.15, 0.2) is 0 Å². The number of nitrogens with one attached hydrogen (secondary N) is 1. The van der Waals surface area contributed by atoms with E-state index < -0.39 is 33.2 Å². The van der Waals surface area contributed by atoms with Gasteiger partial charge in [-0.05, 0) is 260 Å². The van der Waals surface area contributed by atoms with Crippen LogP contribution >= 0.6 is 0 Å². The van der Waals surface area contributed by atoms with Crippen molar-refractivity contribution in [3.8, 4) is 0 Å². The maximum Gasteiger partial charge on any atom is 0.242 e. The van der Waals surface area contributed by atoms with Crippen LogP contribution in [0.2, 0.25) is 0 Å². The minimum absolute atomic E-state index is 0.0300. The van der Waals surface area contributed by atoms with Crippen LogP contribution in [-0.4, -0.2) is 347 Å². The second-order valence-corrected chi connectivity index (χ2v) is 43.9. The third-order valence-electron chi connectivity index (χ3n) is 31.1. The summed E-state index contributed by atoms with van der Waals surface area (Å²) in [5, 5.41) is 3.65. The van der Waals surface area contributed by atoms with Crippen molar-refractivity contribution in [1.82, 2.24) is 79.1 Å². The van der Waals surface area contributed by atoms with Gasteiger partial charge in [-0.15, -0.1) is 0 Å². The number of aromatic nitrogens is 3. The summed E-state index contributed by atoms with van der Waals surface area (Å²) in [4.78, 5) is 131. The highest BCUT2D eigenvalue weighted by Crippen LogP contribution is 2.41. The highest BCUT2D eigenvalue weighted by atomic mass is 16.2. The van der Waals surface area contributed by atoms with Crippen LogP contribution < -0.4 is 20.0 Å². The third-order valence-corrected chi connectivity index (χ3v) is 31.1. The van der Waals surface area contributed by atoms with E-state index >= 15 is 0 Å². The standard InChI is InChI=1S/C54H96N12O3.C20H38N4O2.C17H33N3O/c1-49(2)37-61(43(67)52(7,8)58(49)13)31-34-64(40-25-19-16-20-26-40)46-55-47(65(41-27-21-17-22-28-41)35-32-62-38-50(3,4)59(14)53(9,10)44(62)68)57-48(56-46)66(42-29-23-18-24-30-42)36-33-63-39-51(5,6)60(15)54(11,12)45(63)69;1-17(2)13-23(15(25)19(5,6)21(17)9)11-12-24-14-18(3,4)22(10)20(7,8)16(24)26;1-16(2)13-20(15(21)17(3,4)19(16)5)12-11-18-14-9-7-6-8-10-14/h40-42H,16-39H2,1-15H3;11-14H2,1-10H3;14,18H,6-13H2,1-5H3. The molecule has 0 radical (unpaired) electrons. The van der Waals surface area contributed by atoms with Crippen molar-refractivity contribution in [2.45, 2.75) is 385 Å². The molecule has 0 aromatic carbocycles. The van der Waals surface area contributed by atoms with Crippen LogP contribution in [0.3, 0.4) is 0 Å². The van der Waals surface area contributed by atoms with Crippen LogP contribution in [0.5, 0.6) is 0 Å². The zero-order valence-electron chi connectivity index (χ0n) is 79.3. The molecule has 1 aromatic rings. The molecule has 662 valence electrons. The molecule has 0 spiro atoms. The molecule has 11 rings (SSSR count). The Hall–Kier alpha value is -5.05. The quantitative estimate of drug-likeness (QED) is 0.115. The van der Waals surface area contributed by atoms with Crippen molar-refractivity contribution in [3.63, 3.8) is 0 Å². The number of carbonyl (C=O) groups is 6. The lowest BCUT2D eigenvalue weighted by atomic mass is 9.87. The highest BCUT2D eigenvalue weighted by molar-refractivity contribution is 5.90. The lowest BCUT2D eigenvalue weighted by Gasteiger charge is -2.55. The van der Waals surface area contributed by atoms with Crippen LogP contribution in [0.1, 0.15) is 295 Å². The average molecular weight is 1620 g/mol. The third kappa shape index (κ3) is 20.2. The monoisotopic (exact) mass is 1620 g/mol. The molecule has 1 N–H and O–H groups in total. The van der Waals surface area contributed by atoms with Gasteiger partial charge in [0.05, 0.1) is 33.2 Å². The normalized spacial score (nSPS) is 26.8. The van der Waals surface area contributed by atoms with Crippen molar-refractivity contribution in [1.29, 1.82) is 0 Å². The number of rotatable bonds is 22. The molecule has 10 aliphatic rings. The van der Waals surface area contributed by atoms with Crippen LogP contribution in [-0.2, 0) is 28.8 Å². The first-order valence-corrected chi connectivity index (χ1v) is 45.5. The van der Waals surface area contributed by atoms with Gasteiger partial charge in [0.2, 0.25) is 53.3 Å². The Morgan fingerprint density at radius 1 is 0.267 bits per heavy atom. The van der Waals surface area contributed by atoms with Gasteiger partial charge in [-0.3, -0.25) is 58.2 Å².